The second-order valence-corrected chi connectivity index (χ2v) is 5.71. The molecular weight excluding hydrogens is 292 g/mol. The molecule has 0 saturated heterocycles. The van der Waals surface area contributed by atoms with Gasteiger partial charge in [-0.05, 0) is 11.0 Å². The molecule has 1 aromatic carbocycles. The quantitative estimate of drug-likeness (QED) is 0.810. The van der Waals surface area contributed by atoms with Gasteiger partial charge in [-0.15, -0.1) is 12.4 Å². The number of ether oxygens (including phenoxy) is 1. The van der Waals surface area contributed by atoms with E-state index in [1.54, 1.807) is 0 Å². The van der Waals surface area contributed by atoms with Gasteiger partial charge in [0.15, 0.2) is 0 Å². The molecule has 1 rings (SSSR count). The monoisotopic (exact) mass is 314 g/mol. The largest absolute Gasteiger partial charge is 0.460 e. The summed E-state index contributed by atoms with van der Waals surface area (Å²) in [6.07, 6.45) is 0. The second kappa shape index (κ2) is 8.64. The van der Waals surface area contributed by atoms with Crippen molar-refractivity contribution in [3.63, 3.8) is 0 Å². The van der Waals surface area contributed by atoms with Crippen molar-refractivity contribution >= 4 is 24.3 Å². The van der Waals surface area contributed by atoms with E-state index in [2.05, 4.69) is 5.32 Å². The minimum absolute atomic E-state index is 0. The maximum Gasteiger partial charge on any atom is 0.325 e. The van der Waals surface area contributed by atoms with Crippen LogP contribution in [0.3, 0.4) is 0 Å². The number of nitrogens with one attached hydrogen (secondary N) is 1. The van der Waals surface area contributed by atoms with Gasteiger partial charge in [-0.3, -0.25) is 9.59 Å². The van der Waals surface area contributed by atoms with Crippen LogP contribution in [0.5, 0.6) is 0 Å². The van der Waals surface area contributed by atoms with Crippen molar-refractivity contribution in [2.24, 2.45) is 11.1 Å². The van der Waals surface area contributed by atoms with Gasteiger partial charge < -0.3 is 15.8 Å². The number of benzene rings is 1. The Bertz CT molecular complexity index is 458. The van der Waals surface area contributed by atoms with E-state index in [1.165, 1.54) is 0 Å². The standard InChI is InChI=1S/C15H22N2O3.ClH/c1-15(2,3)13(16)14(19)17-9-12(18)20-10-11-7-5-4-6-8-11;/h4-8,13H,9-10,16H2,1-3H3,(H,17,19);1H/t13-;/m1./s1. The van der Waals surface area contributed by atoms with Crippen LogP contribution in [0.25, 0.3) is 0 Å². The number of amides is 1. The van der Waals surface area contributed by atoms with Crippen molar-refractivity contribution in [1.82, 2.24) is 5.32 Å². The summed E-state index contributed by atoms with van der Waals surface area (Å²) in [4.78, 5) is 23.2. The van der Waals surface area contributed by atoms with Gasteiger partial charge in [-0.25, -0.2) is 0 Å². The smallest absolute Gasteiger partial charge is 0.325 e. The van der Waals surface area contributed by atoms with Gasteiger partial charge in [-0.2, -0.15) is 0 Å². The van der Waals surface area contributed by atoms with E-state index in [-0.39, 0.29) is 36.9 Å². The third-order valence-corrected chi connectivity index (χ3v) is 2.87. The minimum Gasteiger partial charge on any atom is -0.460 e. The number of carbonyl (C=O) groups is 2. The van der Waals surface area contributed by atoms with E-state index in [4.69, 9.17) is 10.5 Å². The van der Waals surface area contributed by atoms with Crippen LogP contribution in [-0.4, -0.2) is 24.5 Å². The van der Waals surface area contributed by atoms with E-state index >= 15 is 0 Å². The van der Waals surface area contributed by atoms with Gasteiger partial charge in [0, 0.05) is 0 Å². The summed E-state index contributed by atoms with van der Waals surface area (Å²) in [6, 6.07) is 8.69. The van der Waals surface area contributed by atoms with Crippen LogP contribution in [0.2, 0.25) is 0 Å². The first kappa shape index (κ1) is 19.4. The third kappa shape index (κ3) is 7.11. The highest BCUT2D eigenvalue weighted by Crippen LogP contribution is 2.16. The lowest BCUT2D eigenvalue weighted by Gasteiger charge is -2.25. The molecule has 1 amide bonds. The number of carbonyl (C=O) groups excluding carboxylic acids is 2. The molecule has 21 heavy (non-hydrogen) atoms. The zero-order chi connectivity index (χ0) is 15.2. The first-order valence-electron chi connectivity index (χ1n) is 6.53. The second-order valence-electron chi connectivity index (χ2n) is 5.71. The molecule has 3 N–H and O–H groups in total. The van der Waals surface area contributed by atoms with E-state index in [0.717, 1.165) is 5.56 Å². The number of hydrogen-bond donors (Lipinski definition) is 2. The Kier molecular flexibility index (Phi) is 7.99. The normalized spacial score (nSPS) is 12.0. The van der Waals surface area contributed by atoms with Crippen LogP contribution in [0, 0.1) is 5.41 Å². The SMILES string of the molecule is CC(C)(C)[C@H](N)C(=O)NCC(=O)OCc1ccccc1.Cl. The van der Waals surface area contributed by atoms with E-state index in [1.807, 2.05) is 51.1 Å². The summed E-state index contributed by atoms with van der Waals surface area (Å²) in [7, 11) is 0. The maximum absolute atomic E-state index is 11.7. The van der Waals surface area contributed by atoms with Gasteiger partial charge >= 0.3 is 5.97 Å². The molecule has 118 valence electrons. The Balaban J connectivity index is 0.00000400. The molecule has 1 aromatic rings. The highest BCUT2D eigenvalue weighted by atomic mass is 35.5. The lowest BCUT2D eigenvalue weighted by molar-refractivity contribution is -0.145. The van der Waals surface area contributed by atoms with Crippen LogP contribution >= 0.6 is 12.4 Å². The van der Waals surface area contributed by atoms with E-state index < -0.39 is 12.0 Å². The molecule has 5 nitrogen and oxygen atoms in total. The Morgan fingerprint density at radius 3 is 2.33 bits per heavy atom. The molecule has 0 fully saturated rings. The lowest BCUT2D eigenvalue weighted by atomic mass is 9.87. The third-order valence-electron chi connectivity index (χ3n) is 2.87. The van der Waals surface area contributed by atoms with Crippen molar-refractivity contribution in [2.45, 2.75) is 33.4 Å². The average molecular weight is 315 g/mol. The Morgan fingerprint density at radius 2 is 1.81 bits per heavy atom. The van der Waals surface area contributed by atoms with Crippen molar-refractivity contribution in [1.29, 1.82) is 0 Å². The fourth-order valence-corrected chi connectivity index (χ4v) is 1.45. The predicted octanol–water partition coefficient (Wildman–Crippen LogP) is 1.64. The summed E-state index contributed by atoms with van der Waals surface area (Å²) in [6.45, 7) is 5.62. The van der Waals surface area contributed by atoms with Crippen LogP contribution in [0.4, 0.5) is 0 Å². The Hall–Kier alpha value is -1.59. The molecule has 0 spiro atoms. The highest BCUT2D eigenvalue weighted by molar-refractivity contribution is 5.86. The van der Waals surface area contributed by atoms with Crippen molar-refractivity contribution in [3.05, 3.63) is 35.9 Å². The van der Waals surface area contributed by atoms with E-state index in [9.17, 15) is 9.59 Å². The molecule has 0 heterocycles. The van der Waals surface area contributed by atoms with Gasteiger partial charge in [-0.1, -0.05) is 51.1 Å². The summed E-state index contributed by atoms with van der Waals surface area (Å²) in [5.41, 5.74) is 6.33. The lowest BCUT2D eigenvalue weighted by Crippen LogP contribution is -2.49. The van der Waals surface area contributed by atoms with Crippen molar-refractivity contribution in [2.75, 3.05) is 6.54 Å². The van der Waals surface area contributed by atoms with Crippen LogP contribution in [0.1, 0.15) is 26.3 Å². The minimum atomic E-state index is -0.663. The van der Waals surface area contributed by atoms with Crippen molar-refractivity contribution < 1.29 is 14.3 Å². The molecule has 0 aliphatic heterocycles. The van der Waals surface area contributed by atoms with Gasteiger partial charge in [0.1, 0.15) is 13.2 Å². The summed E-state index contributed by atoms with van der Waals surface area (Å²) in [5, 5.41) is 2.49. The molecule has 6 heteroatoms. The number of nitrogens with two attached hydrogens (primary N) is 1. The number of rotatable bonds is 5. The zero-order valence-corrected chi connectivity index (χ0v) is 13.4. The van der Waals surface area contributed by atoms with Gasteiger partial charge in [0.25, 0.3) is 0 Å². The molecule has 0 unspecified atom stereocenters. The van der Waals surface area contributed by atoms with Crippen molar-refractivity contribution in [3.8, 4) is 0 Å². The maximum atomic E-state index is 11.7. The summed E-state index contributed by atoms with van der Waals surface area (Å²) in [5.74, 6) is -0.836. The molecular formula is C15H23ClN2O3. The van der Waals surface area contributed by atoms with Gasteiger partial charge in [0.05, 0.1) is 6.04 Å². The molecule has 0 radical (unpaired) electrons. The number of esters is 1. The molecule has 0 aromatic heterocycles. The highest BCUT2D eigenvalue weighted by Gasteiger charge is 2.27. The molecule has 0 saturated carbocycles. The average Bonchev–Trinajstić information content (AvgIpc) is 2.41. The fourth-order valence-electron chi connectivity index (χ4n) is 1.45. The Morgan fingerprint density at radius 1 is 1.24 bits per heavy atom. The predicted molar refractivity (Wildman–Crippen MR) is 83.9 cm³/mol. The summed E-state index contributed by atoms with van der Waals surface area (Å²) < 4.78 is 5.05. The topological polar surface area (TPSA) is 81.4 Å². The van der Waals surface area contributed by atoms with E-state index in [0.29, 0.717) is 0 Å². The van der Waals surface area contributed by atoms with Crippen LogP contribution < -0.4 is 11.1 Å². The fraction of sp³-hybridized carbons (Fsp3) is 0.467. The first-order valence-corrected chi connectivity index (χ1v) is 6.53. The number of hydrogen-bond acceptors (Lipinski definition) is 4. The first-order chi connectivity index (χ1) is 9.30. The molecule has 0 aliphatic carbocycles. The van der Waals surface area contributed by atoms with Gasteiger partial charge in [0.2, 0.25) is 5.91 Å². The van der Waals surface area contributed by atoms with Crippen LogP contribution in [0.15, 0.2) is 30.3 Å². The number of halogens is 1. The van der Waals surface area contributed by atoms with Crippen LogP contribution in [-0.2, 0) is 20.9 Å². The molecule has 0 bridgehead atoms. The molecule has 0 aliphatic rings. The molecule has 1 atom stereocenters. The summed E-state index contributed by atoms with van der Waals surface area (Å²) >= 11 is 0. The zero-order valence-electron chi connectivity index (χ0n) is 12.6. The Labute approximate surface area is 131 Å².